The standard InChI is InChI=1S/C17H26N2O3/c1-3-10-17(2,12-20)19-16(21)18-14-8-6-11-22-15-9-5-4-7-13(14)15/h4-5,7,9,14,20H,3,6,8,10-12H2,1-2H3,(H2,18,19,21). The summed E-state index contributed by atoms with van der Waals surface area (Å²) in [5, 5.41) is 15.4. The Balaban J connectivity index is 2.05. The molecule has 0 radical (unpaired) electrons. The van der Waals surface area contributed by atoms with E-state index in [1.54, 1.807) is 0 Å². The number of urea groups is 1. The molecule has 2 rings (SSSR count). The lowest BCUT2D eigenvalue weighted by Crippen LogP contribution is -2.53. The van der Waals surface area contributed by atoms with Gasteiger partial charge < -0.3 is 20.5 Å². The topological polar surface area (TPSA) is 70.6 Å². The van der Waals surface area contributed by atoms with Gasteiger partial charge in [0.25, 0.3) is 0 Å². The lowest BCUT2D eigenvalue weighted by Gasteiger charge is -2.29. The second-order valence-electron chi connectivity index (χ2n) is 6.15. The maximum absolute atomic E-state index is 12.3. The van der Waals surface area contributed by atoms with Crippen molar-refractivity contribution in [1.82, 2.24) is 10.6 Å². The van der Waals surface area contributed by atoms with Crippen molar-refractivity contribution in [3.63, 3.8) is 0 Å². The summed E-state index contributed by atoms with van der Waals surface area (Å²) in [6, 6.07) is 7.50. The van der Waals surface area contributed by atoms with E-state index in [1.165, 1.54) is 0 Å². The number of benzene rings is 1. The second kappa shape index (κ2) is 7.49. The van der Waals surface area contributed by atoms with Crippen molar-refractivity contribution in [2.24, 2.45) is 0 Å². The molecule has 5 nitrogen and oxygen atoms in total. The molecule has 0 aromatic heterocycles. The number of hydrogen-bond donors (Lipinski definition) is 3. The van der Waals surface area contributed by atoms with Crippen molar-refractivity contribution in [2.75, 3.05) is 13.2 Å². The van der Waals surface area contributed by atoms with Gasteiger partial charge >= 0.3 is 6.03 Å². The van der Waals surface area contributed by atoms with Gasteiger partial charge in [-0.3, -0.25) is 0 Å². The fourth-order valence-corrected chi connectivity index (χ4v) is 2.88. The van der Waals surface area contributed by atoms with Crippen LogP contribution in [0.4, 0.5) is 4.79 Å². The van der Waals surface area contributed by atoms with E-state index in [4.69, 9.17) is 4.74 Å². The van der Waals surface area contributed by atoms with Crippen LogP contribution in [0.2, 0.25) is 0 Å². The Kier molecular flexibility index (Phi) is 5.66. The Bertz CT molecular complexity index is 506. The monoisotopic (exact) mass is 306 g/mol. The molecule has 2 amide bonds. The lowest BCUT2D eigenvalue weighted by molar-refractivity contribution is 0.162. The number of carbonyl (C=O) groups is 1. The van der Waals surface area contributed by atoms with Crippen LogP contribution in [-0.2, 0) is 0 Å². The molecule has 5 heteroatoms. The molecule has 2 unspecified atom stereocenters. The predicted molar refractivity (Wildman–Crippen MR) is 86.0 cm³/mol. The smallest absolute Gasteiger partial charge is 0.315 e. The number of aliphatic hydroxyl groups is 1. The van der Waals surface area contributed by atoms with E-state index in [2.05, 4.69) is 10.6 Å². The number of carbonyl (C=O) groups excluding carboxylic acids is 1. The van der Waals surface area contributed by atoms with E-state index >= 15 is 0 Å². The van der Waals surface area contributed by atoms with Gasteiger partial charge in [0.15, 0.2) is 0 Å². The van der Waals surface area contributed by atoms with Crippen molar-refractivity contribution in [3.8, 4) is 5.75 Å². The van der Waals surface area contributed by atoms with Crippen LogP contribution in [0, 0.1) is 0 Å². The highest BCUT2D eigenvalue weighted by atomic mass is 16.5. The summed E-state index contributed by atoms with van der Waals surface area (Å²) in [5.74, 6) is 0.837. The minimum Gasteiger partial charge on any atom is -0.493 e. The summed E-state index contributed by atoms with van der Waals surface area (Å²) in [6.45, 7) is 4.49. The fourth-order valence-electron chi connectivity index (χ4n) is 2.88. The van der Waals surface area contributed by atoms with E-state index in [0.717, 1.165) is 37.0 Å². The van der Waals surface area contributed by atoms with Crippen molar-refractivity contribution in [2.45, 2.75) is 51.1 Å². The van der Waals surface area contributed by atoms with Gasteiger partial charge in [-0.1, -0.05) is 31.5 Å². The molecule has 0 fully saturated rings. The first-order chi connectivity index (χ1) is 10.6. The van der Waals surface area contributed by atoms with Crippen molar-refractivity contribution < 1.29 is 14.6 Å². The third kappa shape index (κ3) is 4.13. The first-order valence-electron chi connectivity index (χ1n) is 7.99. The Hall–Kier alpha value is -1.75. The van der Waals surface area contributed by atoms with Gasteiger partial charge in [0, 0.05) is 5.56 Å². The zero-order valence-corrected chi connectivity index (χ0v) is 13.4. The van der Waals surface area contributed by atoms with Gasteiger partial charge in [-0.25, -0.2) is 4.79 Å². The summed E-state index contributed by atoms with van der Waals surface area (Å²) < 4.78 is 5.71. The Labute approximate surface area is 132 Å². The molecule has 0 aliphatic carbocycles. The molecule has 1 heterocycles. The highest BCUT2D eigenvalue weighted by molar-refractivity contribution is 5.75. The van der Waals surface area contributed by atoms with E-state index in [1.807, 2.05) is 38.1 Å². The highest BCUT2D eigenvalue weighted by Crippen LogP contribution is 2.31. The van der Waals surface area contributed by atoms with E-state index < -0.39 is 5.54 Å². The van der Waals surface area contributed by atoms with E-state index in [0.29, 0.717) is 6.61 Å². The van der Waals surface area contributed by atoms with Crippen LogP contribution in [0.25, 0.3) is 0 Å². The number of fused-ring (bicyclic) bond motifs is 1. The number of hydrogen-bond acceptors (Lipinski definition) is 3. The van der Waals surface area contributed by atoms with Crippen LogP contribution >= 0.6 is 0 Å². The molecule has 3 N–H and O–H groups in total. The molecule has 0 saturated heterocycles. The third-order valence-corrected chi connectivity index (χ3v) is 4.06. The van der Waals surface area contributed by atoms with Crippen molar-refractivity contribution in [3.05, 3.63) is 29.8 Å². The van der Waals surface area contributed by atoms with Crippen LogP contribution in [0.1, 0.15) is 51.1 Å². The average Bonchev–Trinajstić information content (AvgIpc) is 2.70. The number of rotatable bonds is 5. The highest BCUT2D eigenvalue weighted by Gasteiger charge is 2.27. The maximum Gasteiger partial charge on any atom is 0.315 e. The van der Waals surface area contributed by atoms with Gasteiger partial charge in [0.05, 0.1) is 24.8 Å². The lowest BCUT2D eigenvalue weighted by atomic mass is 9.97. The quantitative estimate of drug-likeness (QED) is 0.783. The molecular formula is C17H26N2O3. The molecule has 1 aliphatic rings. The average molecular weight is 306 g/mol. The molecule has 1 aromatic rings. The molecular weight excluding hydrogens is 280 g/mol. The third-order valence-electron chi connectivity index (χ3n) is 4.06. The van der Waals surface area contributed by atoms with Gasteiger partial charge in [0.2, 0.25) is 0 Å². The van der Waals surface area contributed by atoms with E-state index in [-0.39, 0.29) is 18.7 Å². The van der Waals surface area contributed by atoms with Crippen LogP contribution in [-0.4, -0.2) is 29.9 Å². The van der Waals surface area contributed by atoms with Gasteiger partial charge in [-0.15, -0.1) is 0 Å². The summed E-state index contributed by atoms with van der Waals surface area (Å²) in [7, 11) is 0. The van der Waals surface area contributed by atoms with Gasteiger partial charge in [0.1, 0.15) is 5.75 Å². The summed E-state index contributed by atoms with van der Waals surface area (Å²) in [6.07, 6.45) is 3.37. The van der Waals surface area contributed by atoms with E-state index in [9.17, 15) is 9.90 Å². The summed E-state index contributed by atoms with van der Waals surface area (Å²) >= 11 is 0. The largest absolute Gasteiger partial charge is 0.493 e. The zero-order chi connectivity index (χ0) is 16.0. The minimum atomic E-state index is -0.584. The maximum atomic E-state index is 12.3. The molecule has 1 aliphatic heterocycles. The fraction of sp³-hybridized carbons (Fsp3) is 0.588. The van der Waals surface area contributed by atoms with Crippen molar-refractivity contribution >= 4 is 6.03 Å². The van der Waals surface area contributed by atoms with Gasteiger partial charge in [-0.2, -0.15) is 0 Å². The first-order valence-corrected chi connectivity index (χ1v) is 7.99. The SMILES string of the molecule is CCCC(C)(CO)NC(=O)NC1CCCOc2ccccc21. The Morgan fingerprint density at radius 3 is 2.95 bits per heavy atom. The van der Waals surface area contributed by atoms with Crippen LogP contribution in [0.3, 0.4) is 0 Å². The number of amides is 2. The predicted octanol–water partition coefficient (Wildman–Crippen LogP) is 2.75. The number of nitrogens with one attached hydrogen (secondary N) is 2. The van der Waals surface area contributed by atoms with Crippen LogP contribution < -0.4 is 15.4 Å². The van der Waals surface area contributed by atoms with Crippen LogP contribution in [0.15, 0.2) is 24.3 Å². The molecule has 22 heavy (non-hydrogen) atoms. The Morgan fingerprint density at radius 1 is 1.45 bits per heavy atom. The minimum absolute atomic E-state index is 0.0664. The molecule has 122 valence electrons. The Morgan fingerprint density at radius 2 is 2.23 bits per heavy atom. The molecule has 1 aromatic carbocycles. The second-order valence-corrected chi connectivity index (χ2v) is 6.15. The zero-order valence-electron chi connectivity index (χ0n) is 13.4. The summed E-state index contributed by atoms with van der Waals surface area (Å²) in [4.78, 5) is 12.3. The molecule has 2 atom stereocenters. The van der Waals surface area contributed by atoms with Crippen molar-refractivity contribution in [1.29, 1.82) is 0 Å². The summed E-state index contributed by atoms with van der Waals surface area (Å²) in [5.41, 5.74) is 0.427. The normalized spacial score (nSPS) is 20.0. The number of aliphatic hydroxyl groups excluding tert-OH is 1. The number of para-hydroxylation sites is 1. The molecule has 0 spiro atoms. The number of ether oxygens (including phenoxy) is 1. The van der Waals surface area contributed by atoms with Gasteiger partial charge in [-0.05, 0) is 32.3 Å². The molecule has 0 bridgehead atoms. The molecule has 0 saturated carbocycles. The van der Waals surface area contributed by atoms with Crippen LogP contribution in [0.5, 0.6) is 5.75 Å². The first kappa shape index (κ1) is 16.6.